The number of hydrogen-bond donors (Lipinski definition) is 1. The average Bonchev–Trinajstić information content (AvgIpc) is 2.78. The van der Waals surface area contributed by atoms with Crippen molar-refractivity contribution in [3.63, 3.8) is 0 Å². The molecule has 32 heavy (non-hydrogen) atoms. The van der Waals surface area contributed by atoms with E-state index in [9.17, 15) is 14.7 Å². The molecule has 0 aliphatic heterocycles. The molecule has 0 radical (unpaired) electrons. The molecule has 0 saturated heterocycles. The number of methoxy groups -OCH3 is 1. The van der Waals surface area contributed by atoms with Gasteiger partial charge in [0.05, 0.1) is 25.2 Å². The Morgan fingerprint density at radius 3 is 2.66 bits per heavy atom. The Kier molecular flexibility index (Phi) is 7.94. The van der Waals surface area contributed by atoms with Crippen molar-refractivity contribution in [2.75, 3.05) is 13.7 Å². The lowest BCUT2D eigenvalue weighted by Crippen LogP contribution is -2.55. The summed E-state index contributed by atoms with van der Waals surface area (Å²) in [6.07, 6.45) is 6.39. The Morgan fingerprint density at radius 2 is 2.00 bits per heavy atom. The van der Waals surface area contributed by atoms with Crippen LogP contribution in [0.3, 0.4) is 0 Å². The van der Waals surface area contributed by atoms with Gasteiger partial charge in [-0.3, -0.25) is 4.79 Å². The van der Waals surface area contributed by atoms with Crippen LogP contribution in [0.25, 0.3) is 0 Å². The van der Waals surface area contributed by atoms with Crippen molar-refractivity contribution in [3.05, 3.63) is 59.7 Å². The van der Waals surface area contributed by atoms with E-state index >= 15 is 0 Å². The average molecular weight is 441 g/mol. The molecule has 0 spiro atoms. The molecule has 2 aliphatic rings. The van der Waals surface area contributed by atoms with Crippen molar-refractivity contribution >= 4 is 11.9 Å². The molecule has 0 unspecified atom stereocenters. The first kappa shape index (κ1) is 24.2. The first-order valence-electron chi connectivity index (χ1n) is 11.6. The molecule has 5 heteroatoms. The van der Waals surface area contributed by atoms with Crippen LogP contribution in [-0.4, -0.2) is 36.9 Å². The summed E-state index contributed by atoms with van der Waals surface area (Å²) in [6, 6.07) is 8.99. The van der Waals surface area contributed by atoms with Crippen molar-refractivity contribution in [2.24, 2.45) is 23.2 Å². The first-order chi connectivity index (χ1) is 15.3. The number of carbonyl (C=O) groups excluding carboxylic acids is 2. The molecule has 0 amide bonds. The number of benzene rings is 1. The lowest BCUT2D eigenvalue weighted by molar-refractivity contribution is -0.162. The van der Waals surface area contributed by atoms with E-state index in [1.165, 1.54) is 7.11 Å². The van der Waals surface area contributed by atoms with E-state index < -0.39 is 6.10 Å². The van der Waals surface area contributed by atoms with E-state index in [0.717, 1.165) is 43.3 Å². The minimum atomic E-state index is -0.407. The van der Waals surface area contributed by atoms with E-state index in [0.29, 0.717) is 12.0 Å². The van der Waals surface area contributed by atoms with Crippen molar-refractivity contribution in [2.45, 2.75) is 58.5 Å². The Labute approximate surface area is 191 Å². The van der Waals surface area contributed by atoms with Gasteiger partial charge in [0.15, 0.2) is 0 Å². The minimum absolute atomic E-state index is 0.0409. The van der Waals surface area contributed by atoms with Crippen molar-refractivity contribution < 1.29 is 24.2 Å². The van der Waals surface area contributed by atoms with Gasteiger partial charge < -0.3 is 14.6 Å². The quantitative estimate of drug-likeness (QED) is 0.472. The van der Waals surface area contributed by atoms with E-state index in [4.69, 9.17) is 9.47 Å². The number of aliphatic hydroxyl groups excluding tert-OH is 1. The topological polar surface area (TPSA) is 72.8 Å². The Hall–Kier alpha value is -2.40. The fraction of sp³-hybridized carbons (Fsp3) is 0.556. The molecule has 3 rings (SSSR count). The predicted octanol–water partition coefficient (Wildman–Crippen LogP) is 5.10. The summed E-state index contributed by atoms with van der Waals surface area (Å²) in [5, 5.41) is 9.21. The zero-order valence-corrected chi connectivity index (χ0v) is 19.5. The van der Waals surface area contributed by atoms with Gasteiger partial charge in [-0.15, -0.1) is 0 Å². The fourth-order valence-corrected chi connectivity index (χ4v) is 6.07. The normalized spacial score (nSPS) is 30.4. The lowest BCUT2D eigenvalue weighted by atomic mass is 9.49. The van der Waals surface area contributed by atoms with Gasteiger partial charge in [0.25, 0.3) is 0 Å². The second-order valence-electron chi connectivity index (χ2n) is 9.55. The van der Waals surface area contributed by atoms with Gasteiger partial charge in [-0.25, -0.2) is 4.79 Å². The van der Waals surface area contributed by atoms with Gasteiger partial charge in [-0.05, 0) is 56.1 Å². The van der Waals surface area contributed by atoms with Gasteiger partial charge >= 0.3 is 11.9 Å². The predicted molar refractivity (Wildman–Crippen MR) is 124 cm³/mol. The highest BCUT2D eigenvalue weighted by molar-refractivity contribution is 5.89. The second-order valence-corrected chi connectivity index (χ2v) is 9.55. The molecular weight excluding hydrogens is 404 g/mol. The van der Waals surface area contributed by atoms with E-state index in [-0.39, 0.29) is 41.7 Å². The maximum Gasteiger partial charge on any atom is 0.338 e. The van der Waals surface area contributed by atoms with Crippen molar-refractivity contribution in [1.82, 2.24) is 0 Å². The molecule has 1 aromatic carbocycles. The molecule has 0 heterocycles. The van der Waals surface area contributed by atoms with Crippen LogP contribution in [0.15, 0.2) is 54.1 Å². The molecule has 0 aromatic heterocycles. The lowest BCUT2D eigenvalue weighted by Gasteiger charge is -2.56. The van der Waals surface area contributed by atoms with Crippen LogP contribution in [0.5, 0.6) is 0 Å². The van der Waals surface area contributed by atoms with Crippen LogP contribution >= 0.6 is 0 Å². The summed E-state index contributed by atoms with van der Waals surface area (Å²) in [6.45, 7) is 8.71. The van der Waals surface area contributed by atoms with Crippen LogP contribution in [0.4, 0.5) is 0 Å². The van der Waals surface area contributed by atoms with Crippen LogP contribution in [0.1, 0.15) is 62.7 Å². The van der Waals surface area contributed by atoms with Gasteiger partial charge in [-0.2, -0.15) is 0 Å². The third-order valence-corrected chi connectivity index (χ3v) is 7.62. The Balaban J connectivity index is 1.92. The summed E-state index contributed by atoms with van der Waals surface area (Å²) in [4.78, 5) is 25.7. The largest absolute Gasteiger partial charge is 0.469 e. The molecule has 5 nitrogen and oxygen atoms in total. The molecule has 174 valence electrons. The third-order valence-electron chi connectivity index (χ3n) is 7.62. The highest BCUT2D eigenvalue weighted by Gasteiger charge is 2.57. The highest BCUT2D eigenvalue weighted by Crippen LogP contribution is 2.59. The van der Waals surface area contributed by atoms with Gasteiger partial charge in [0.1, 0.15) is 6.10 Å². The smallest absolute Gasteiger partial charge is 0.338 e. The van der Waals surface area contributed by atoms with E-state index in [1.54, 1.807) is 12.1 Å². The Bertz CT molecular complexity index is 858. The van der Waals surface area contributed by atoms with Gasteiger partial charge in [-0.1, -0.05) is 55.3 Å². The van der Waals surface area contributed by atoms with Crippen molar-refractivity contribution in [3.8, 4) is 0 Å². The number of aliphatic hydroxyl groups is 1. The summed E-state index contributed by atoms with van der Waals surface area (Å²) in [5.74, 6) is -0.774. The molecule has 1 N–H and O–H groups in total. The minimum Gasteiger partial charge on any atom is -0.469 e. The zero-order chi connectivity index (χ0) is 23.3. The summed E-state index contributed by atoms with van der Waals surface area (Å²) < 4.78 is 11.2. The first-order valence-corrected chi connectivity index (χ1v) is 11.6. The van der Waals surface area contributed by atoms with E-state index in [2.05, 4.69) is 13.5 Å². The number of fused-ring (bicyclic) bond motifs is 1. The van der Waals surface area contributed by atoms with Gasteiger partial charge in [0, 0.05) is 12.3 Å². The monoisotopic (exact) mass is 440 g/mol. The Morgan fingerprint density at radius 1 is 1.28 bits per heavy atom. The fourth-order valence-electron chi connectivity index (χ4n) is 6.07. The summed E-state index contributed by atoms with van der Waals surface area (Å²) >= 11 is 0. The van der Waals surface area contributed by atoms with E-state index in [1.807, 2.05) is 31.2 Å². The third kappa shape index (κ3) is 4.98. The van der Waals surface area contributed by atoms with Crippen LogP contribution in [0, 0.1) is 23.2 Å². The zero-order valence-electron chi connectivity index (χ0n) is 19.5. The highest BCUT2D eigenvalue weighted by atomic mass is 16.5. The van der Waals surface area contributed by atoms with Crippen LogP contribution in [-0.2, 0) is 14.3 Å². The van der Waals surface area contributed by atoms with Crippen LogP contribution < -0.4 is 0 Å². The number of ether oxygens (including phenoxy) is 2. The maximum absolute atomic E-state index is 12.9. The number of hydrogen-bond acceptors (Lipinski definition) is 5. The number of allylic oxidation sites excluding steroid dienone is 1. The number of carbonyl (C=O) groups is 2. The summed E-state index contributed by atoms with van der Waals surface area (Å²) in [5.41, 5.74) is 2.53. The second kappa shape index (κ2) is 10.5. The number of esters is 2. The van der Waals surface area contributed by atoms with Crippen molar-refractivity contribution in [1.29, 1.82) is 0 Å². The maximum atomic E-state index is 12.9. The molecule has 2 aliphatic carbocycles. The molecule has 2 fully saturated rings. The number of rotatable bonds is 7. The molecule has 1 aromatic rings. The van der Waals surface area contributed by atoms with Crippen LogP contribution in [0.2, 0.25) is 0 Å². The molecule has 5 atom stereocenters. The SMILES string of the molecule is C=C1C[C@@H](OC(=O)c2ccccc2)[C@@H]2[C@H](C(=O)OC)CCC[C@]2(C)[C@@H]1CC/C(C)=C/CO. The standard InChI is InChI=1S/C27H36O5/c1-18(14-16-28)12-13-22-19(2)17-23(32-25(29)20-9-6-5-7-10-20)24-21(26(30)31-4)11-8-15-27(22,24)3/h5-7,9-10,14,21-24,28H,2,8,11-13,15-17H2,1,3-4H3/b18-14+/t21-,22-,23-,24+,27-/m1/s1. The molecular formula is C27H36O5. The van der Waals surface area contributed by atoms with Gasteiger partial charge in [0.2, 0.25) is 0 Å². The molecule has 0 bridgehead atoms. The molecule has 2 saturated carbocycles. The summed E-state index contributed by atoms with van der Waals surface area (Å²) in [7, 11) is 1.43.